The second-order valence-electron chi connectivity index (χ2n) is 2.08. The van der Waals surface area contributed by atoms with E-state index >= 15 is 0 Å². The van der Waals surface area contributed by atoms with Gasteiger partial charge in [-0.3, -0.25) is 0 Å². The Hall–Kier alpha value is -0.340. The van der Waals surface area contributed by atoms with Crippen molar-refractivity contribution >= 4 is 15.9 Å². The predicted octanol–water partition coefficient (Wildman–Crippen LogP) is 2.42. The van der Waals surface area contributed by atoms with Crippen LogP contribution in [-0.2, 0) is 11.5 Å². The smallest absolute Gasteiger partial charge is 0.0862 e. The summed E-state index contributed by atoms with van der Waals surface area (Å²) in [6, 6.07) is 7.82. The molecule has 0 spiro atoms. The maximum Gasteiger partial charge on any atom is 0.0862 e. The number of rotatable bonds is 2. The molecule has 0 amide bonds. The zero-order chi connectivity index (χ0) is 7.40. The second-order valence-corrected chi connectivity index (χ2v) is 3.00. The Kier molecular flexibility index (Phi) is 2.90. The minimum Gasteiger partial charge on any atom is -0.236 e. The summed E-state index contributed by atoms with van der Waals surface area (Å²) in [6.07, 6.45) is 0.632. The summed E-state index contributed by atoms with van der Waals surface area (Å²) in [6.45, 7) is -0.0262. The highest BCUT2D eigenvalue weighted by molar-refractivity contribution is 9.10. The molecule has 0 heterocycles. The van der Waals surface area contributed by atoms with Gasteiger partial charge in [0.15, 0.2) is 0 Å². The van der Waals surface area contributed by atoms with Crippen molar-refractivity contribution in [3.63, 3.8) is 0 Å². The van der Waals surface area contributed by atoms with Crippen LogP contribution in [0.5, 0.6) is 0 Å². The van der Waals surface area contributed by atoms with E-state index in [9.17, 15) is 5.11 Å². The minimum absolute atomic E-state index is 0.0262. The SMILES string of the molecule is [O]CCc1ccc(Br)cc1. The molecule has 1 aromatic carbocycles. The van der Waals surface area contributed by atoms with Gasteiger partial charge in [0.2, 0.25) is 0 Å². The van der Waals surface area contributed by atoms with E-state index in [4.69, 9.17) is 0 Å². The number of hydrogen-bond acceptors (Lipinski definition) is 0. The Morgan fingerprint density at radius 2 is 1.80 bits per heavy atom. The van der Waals surface area contributed by atoms with E-state index in [1.807, 2.05) is 24.3 Å². The molecule has 1 nitrogen and oxygen atoms in total. The largest absolute Gasteiger partial charge is 0.236 e. The molecule has 10 heavy (non-hydrogen) atoms. The van der Waals surface area contributed by atoms with Crippen LogP contribution in [0.2, 0.25) is 0 Å². The van der Waals surface area contributed by atoms with Crippen LogP contribution in [0.1, 0.15) is 5.56 Å². The van der Waals surface area contributed by atoms with Gasteiger partial charge in [-0.15, -0.1) is 0 Å². The fourth-order valence-corrected chi connectivity index (χ4v) is 1.03. The van der Waals surface area contributed by atoms with E-state index < -0.39 is 0 Å². The maximum atomic E-state index is 10.2. The summed E-state index contributed by atoms with van der Waals surface area (Å²) >= 11 is 3.32. The normalized spacial score (nSPS) is 9.80. The van der Waals surface area contributed by atoms with Gasteiger partial charge in [-0.2, -0.15) is 0 Å². The zero-order valence-corrected chi connectivity index (χ0v) is 7.10. The lowest BCUT2D eigenvalue weighted by Gasteiger charge is -1.95. The first kappa shape index (κ1) is 7.76. The zero-order valence-electron chi connectivity index (χ0n) is 5.51. The molecule has 1 radical (unpaired) electrons. The fourth-order valence-electron chi connectivity index (χ4n) is 0.769. The van der Waals surface area contributed by atoms with Gasteiger partial charge in [-0.1, -0.05) is 28.1 Å². The highest BCUT2D eigenvalue weighted by Gasteiger charge is 1.90. The van der Waals surface area contributed by atoms with Crippen LogP contribution in [0.3, 0.4) is 0 Å². The Labute approximate surface area is 68.8 Å². The number of hydrogen-bond donors (Lipinski definition) is 0. The first-order valence-electron chi connectivity index (χ1n) is 3.15. The van der Waals surface area contributed by atoms with Crippen molar-refractivity contribution in [1.82, 2.24) is 0 Å². The van der Waals surface area contributed by atoms with E-state index in [2.05, 4.69) is 15.9 Å². The summed E-state index contributed by atoms with van der Waals surface area (Å²) in [5.74, 6) is 0. The van der Waals surface area contributed by atoms with Crippen molar-refractivity contribution in [3.8, 4) is 0 Å². The van der Waals surface area contributed by atoms with Crippen LogP contribution in [0.4, 0.5) is 0 Å². The van der Waals surface area contributed by atoms with Gasteiger partial charge in [0.1, 0.15) is 0 Å². The molecule has 0 aromatic heterocycles. The third-order valence-electron chi connectivity index (χ3n) is 1.30. The summed E-state index contributed by atoms with van der Waals surface area (Å²) in [5.41, 5.74) is 1.11. The Balaban J connectivity index is 2.69. The van der Waals surface area contributed by atoms with Gasteiger partial charge < -0.3 is 0 Å². The van der Waals surface area contributed by atoms with Crippen molar-refractivity contribution in [2.24, 2.45) is 0 Å². The van der Waals surface area contributed by atoms with E-state index in [-0.39, 0.29) is 6.61 Å². The molecule has 0 aliphatic heterocycles. The van der Waals surface area contributed by atoms with Crippen LogP contribution in [0.15, 0.2) is 28.7 Å². The van der Waals surface area contributed by atoms with E-state index in [0.717, 1.165) is 10.0 Å². The molecule has 0 N–H and O–H groups in total. The first-order valence-corrected chi connectivity index (χ1v) is 3.95. The van der Waals surface area contributed by atoms with Gasteiger partial charge in [-0.05, 0) is 24.1 Å². The minimum atomic E-state index is -0.0262. The average Bonchev–Trinajstić information content (AvgIpc) is 1.95. The molecule has 2 heteroatoms. The van der Waals surface area contributed by atoms with Crippen molar-refractivity contribution in [3.05, 3.63) is 34.3 Å². The summed E-state index contributed by atoms with van der Waals surface area (Å²) in [7, 11) is 0. The van der Waals surface area contributed by atoms with Crippen molar-refractivity contribution in [2.45, 2.75) is 6.42 Å². The van der Waals surface area contributed by atoms with Crippen LogP contribution >= 0.6 is 15.9 Å². The monoisotopic (exact) mass is 199 g/mol. The van der Waals surface area contributed by atoms with Crippen molar-refractivity contribution in [2.75, 3.05) is 6.61 Å². The van der Waals surface area contributed by atoms with Gasteiger partial charge in [0, 0.05) is 4.47 Å². The highest BCUT2D eigenvalue weighted by Crippen LogP contribution is 2.10. The lowest BCUT2D eigenvalue weighted by molar-refractivity contribution is 0.197. The summed E-state index contributed by atoms with van der Waals surface area (Å²) in [5, 5.41) is 10.2. The Morgan fingerprint density at radius 3 is 2.30 bits per heavy atom. The molecule has 53 valence electrons. The molecule has 0 atom stereocenters. The lowest BCUT2D eigenvalue weighted by Crippen LogP contribution is -1.87. The summed E-state index contributed by atoms with van der Waals surface area (Å²) < 4.78 is 1.06. The maximum absolute atomic E-state index is 10.2. The molecule has 1 aromatic rings. The third-order valence-corrected chi connectivity index (χ3v) is 1.83. The van der Waals surface area contributed by atoms with Gasteiger partial charge in [0.25, 0.3) is 0 Å². The van der Waals surface area contributed by atoms with Crippen molar-refractivity contribution < 1.29 is 5.11 Å². The predicted molar refractivity (Wildman–Crippen MR) is 43.4 cm³/mol. The average molecular weight is 200 g/mol. The fraction of sp³-hybridized carbons (Fsp3) is 0.250. The molecule has 0 saturated heterocycles. The molecule has 0 unspecified atom stereocenters. The lowest BCUT2D eigenvalue weighted by atomic mass is 10.2. The van der Waals surface area contributed by atoms with E-state index in [0.29, 0.717) is 6.42 Å². The Bertz CT molecular complexity index is 193. The van der Waals surface area contributed by atoms with Gasteiger partial charge in [-0.25, -0.2) is 5.11 Å². The van der Waals surface area contributed by atoms with Crippen LogP contribution in [-0.4, -0.2) is 6.61 Å². The van der Waals surface area contributed by atoms with Crippen LogP contribution < -0.4 is 0 Å². The number of halogens is 1. The van der Waals surface area contributed by atoms with Gasteiger partial charge >= 0.3 is 0 Å². The molecular formula is C8H8BrO. The molecular weight excluding hydrogens is 192 g/mol. The van der Waals surface area contributed by atoms with E-state index in [1.165, 1.54) is 0 Å². The second kappa shape index (κ2) is 3.74. The van der Waals surface area contributed by atoms with Crippen LogP contribution in [0, 0.1) is 0 Å². The third kappa shape index (κ3) is 2.12. The molecule has 0 fully saturated rings. The van der Waals surface area contributed by atoms with Crippen molar-refractivity contribution in [1.29, 1.82) is 0 Å². The Morgan fingerprint density at radius 1 is 1.20 bits per heavy atom. The molecule has 0 bridgehead atoms. The number of benzene rings is 1. The molecule has 0 saturated carbocycles. The quantitative estimate of drug-likeness (QED) is 0.698. The van der Waals surface area contributed by atoms with Gasteiger partial charge in [0.05, 0.1) is 6.61 Å². The summed E-state index contributed by atoms with van der Waals surface area (Å²) in [4.78, 5) is 0. The van der Waals surface area contributed by atoms with E-state index in [1.54, 1.807) is 0 Å². The highest BCUT2D eigenvalue weighted by atomic mass is 79.9. The molecule has 1 rings (SSSR count). The first-order chi connectivity index (χ1) is 4.83. The molecule has 0 aliphatic rings. The molecule has 0 aliphatic carbocycles. The van der Waals surface area contributed by atoms with Crippen LogP contribution in [0.25, 0.3) is 0 Å². The topological polar surface area (TPSA) is 19.9 Å². The standard InChI is InChI=1S/C8H8BrO/c9-8-3-1-7(2-4-8)5-6-10/h1-4H,5-6H2.